The van der Waals surface area contributed by atoms with Gasteiger partial charge in [-0.15, -0.1) is 0 Å². The Balaban J connectivity index is 1.80. The van der Waals surface area contributed by atoms with E-state index in [1.54, 1.807) is 11.1 Å². The van der Waals surface area contributed by atoms with Crippen molar-refractivity contribution in [3.63, 3.8) is 0 Å². The molecule has 2 nitrogen and oxygen atoms in total. The van der Waals surface area contributed by atoms with Crippen LogP contribution in [-0.4, -0.2) is 30.6 Å². The van der Waals surface area contributed by atoms with Crippen molar-refractivity contribution in [2.45, 2.75) is 52.1 Å². The number of nitrogens with one attached hydrogen (secondary N) is 1. The van der Waals surface area contributed by atoms with E-state index in [1.165, 1.54) is 32.4 Å². The molecule has 4 unspecified atom stereocenters. The van der Waals surface area contributed by atoms with E-state index in [0.29, 0.717) is 12.1 Å². The first-order valence-corrected chi connectivity index (χ1v) is 8.74. The summed E-state index contributed by atoms with van der Waals surface area (Å²) in [5.41, 5.74) is 3.10. The lowest BCUT2D eigenvalue weighted by molar-refractivity contribution is 0.0809. The Kier molecular flexibility index (Phi) is 4.66. The summed E-state index contributed by atoms with van der Waals surface area (Å²) < 4.78 is 0. The van der Waals surface area contributed by atoms with Gasteiger partial charge in [0.05, 0.1) is 0 Å². The smallest absolute Gasteiger partial charge is 0.0484 e. The van der Waals surface area contributed by atoms with Gasteiger partial charge >= 0.3 is 0 Å². The van der Waals surface area contributed by atoms with Crippen LogP contribution in [0.2, 0.25) is 0 Å². The van der Waals surface area contributed by atoms with Crippen LogP contribution in [0.15, 0.2) is 24.3 Å². The quantitative estimate of drug-likeness (QED) is 0.909. The molecule has 0 spiro atoms. The van der Waals surface area contributed by atoms with Gasteiger partial charge in [0.1, 0.15) is 0 Å². The number of rotatable bonds is 4. The Labute approximate surface area is 129 Å². The van der Waals surface area contributed by atoms with Crippen LogP contribution in [0.5, 0.6) is 0 Å². The molecule has 1 aromatic carbocycles. The van der Waals surface area contributed by atoms with Crippen molar-refractivity contribution in [1.82, 2.24) is 10.2 Å². The fraction of sp³-hybridized carbons (Fsp3) is 0.684. The van der Waals surface area contributed by atoms with Gasteiger partial charge in [0.15, 0.2) is 0 Å². The summed E-state index contributed by atoms with van der Waals surface area (Å²) in [4.78, 5) is 2.77. The molecule has 21 heavy (non-hydrogen) atoms. The van der Waals surface area contributed by atoms with Crippen LogP contribution >= 0.6 is 0 Å². The summed E-state index contributed by atoms with van der Waals surface area (Å²) in [7, 11) is 0. The van der Waals surface area contributed by atoms with Gasteiger partial charge in [0, 0.05) is 25.2 Å². The highest BCUT2D eigenvalue weighted by molar-refractivity contribution is 5.37. The number of fused-ring (bicyclic) bond motifs is 1. The minimum Gasteiger partial charge on any atom is -0.309 e. The van der Waals surface area contributed by atoms with Crippen LogP contribution in [-0.2, 0) is 6.42 Å². The third-order valence-electron chi connectivity index (χ3n) is 5.18. The minimum atomic E-state index is 0.527. The molecule has 1 N–H and O–H groups in total. The molecule has 2 aliphatic rings. The number of hydrogen-bond donors (Lipinski definition) is 1. The maximum absolute atomic E-state index is 3.82. The Hall–Kier alpha value is -0.860. The summed E-state index contributed by atoms with van der Waals surface area (Å²) in [5, 5.41) is 3.82. The molecule has 4 atom stereocenters. The second kappa shape index (κ2) is 6.50. The minimum absolute atomic E-state index is 0.527. The average molecular weight is 286 g/mol. The zero-order chi connectivity index (χ0) is 14.8. The van der Waals surface area contributed by atoms with Gasteiger partial charge in [-0.25, -0.2) is 0 Å². The van der Waals surface area contributed by atoms with Crippen LogP contribution < -0.4 is 5.32 Å². The fourth-order valence-corrected chi connectivity index (χ4v) is 4.44. The zero-order valence-corrected chi connectivity index (χ0v) is 13.8. The molecule has 2 heteroatoms. The summed E-state index contributed by atoms with van der Waals surface area (Å²) in [6.45, 7) is 10.8. The number of hydrogen-bond acceptors (Lipinski definition) is 2. The second-order valence-electron chi connectivity index (χ2n) is 7.30. The zero-order valence-electron chi connectivity index (χ0n) is 13.8. The van der Waals surface area contributed by atoms with E-state index < -0.39 is 0 Å². The van der Waals surface area contributed by atoms with Crippen molar-refractivity contribution in [2.24, 2.45) is 11.8 Å². The normalized spacial score (nSPS) is 33.1. The van der Waals surface area contributed by atoms with Crippen LogP contribution in [0.25, 0.3) is 0 Å². The lowest BCUT2D eigenvalue weighted by Crippen LogP contribution is -2.49. The molecule has 1 aromatic rings. The molecule has 1 heterocycles. The SMILES string of the molecule is CCCNC1c2ccccc2CC1N1CC(C)CC(C)C1. The standard InChI is InChI=1S/C19H30N2/c1-4-9-20-19-17-8-6-5-7-16(17)11-18(19)21-12-14(2)10-15(3)13-21/h5-8,14-15,18-20H,4,9-13H2,1-3H3. The molecule has 116 valence electrons. The summed E-state index contributed by atoms with van der Waals surface area (Å²) >= 11 is 0. The van der Waals surface area contributed by atoms with Crippen molar-refractivity contribution >= 4 is 0 Å². The predicted molar refractivity (Wildman–Crippen MR) is 89.5 cm³/mol. The van der Waals surface area contributed by atoms with Crippen molar-refractivity contribution < 1.29 is 0 Å². The Morgan fingerprint density at radius 3 is 2.57 bits per heavy atom. The largest absolute Gasteiger partial charge is 0.309 e. The summed E-state index contributed by atoms with van der Waals surface area (Å²) in [6, 6.07) is 10.2. The maximum Gasteiger partial charge on any atom is 0.0484 e. The third kappa shape index (κ3) is 3.17. The molecular formula is C19H30N2. The second-order valence-corrected chi connectivity index (χ2v) is 7.30. The Morgan fingerprint density at radius 2 is 1.86 bits per heavy atom. The summed E-state index contributed by atoms with van der Waals surface area (Å²) in [5.74, 6) is 1.67. The van der Waals surface area contributed by atoms with Gasteiger partial charge in [0.25, 0.3) is 0 Å². The molecule has 1 aliphatic carbocycles. The molecule has 1 saturated heterocycles. The van der Waals surface area contributed by atoms with Crippen molar-refractivity contribution in [2.75, 3.05) is 19.6 Å². The topological polar surface area (TPSA) is 15.3 Å². The number of nitrogens with zero attached hydrogens (tertiary/aromatic N) is 1. The lowest BCUT2D eigenvalue weighted by atomic mass is 9.90. The van der Waals surface area contributed by atoms with E-state index in [0.717, 1.165) is 18.4 Å². The van der Waals surface area contributed by atoms with Crippen LogP contribution in [0.1, 0.15) is 50.8 Å². The van der Waals surface area contributed by atoms with Gasteiger partial charge in [-0.1, -0.05) is 45.0 Å². The average Bonchev–Trinajstić information content (AvgIpc) is 2.83. The highest BCUT2D eigenvalue weighted by atomic mass is 15.2. The van der Waals surface area contributed by atoms with Gasteiger partial charge in [-0.05, 0) is 48.8 Å². The Morgan fingerprint density at radius 1 is 1.14 bits per heavy atom. The molecule has 0 radical (unpaired) electrons. The van der Waals surface area contributed by atoms with Gasteiger partial charge < -0.3 is 5.32 Å². The van der Waals surface area contributed by atoms with E-state index in [1.807, 2.05) is 0 Å². The molecule has 0 amide bonds. The first-order valence-electron chi connectivity index (χ1n) is 8.74. The maximum atomic E-state index is 3.82. The predicted octanol–water partition coefficient (Wildman–Crippen LogP) is 3.63. The molecule has 0 saturated carbocycles. The first kappa shape index (κ1) is 15.1. The Bertz CT molecular complexity index is 460. The van der Waals surface area contributed by atoms with E-state index in [2.05, 4.69) is 55.3 Å². The summed E-state index contributed by atoms with van der Waals surface area (Å²) in [6.07, 6.45) is 3.82. The van der Waals surface area contributed by atoms with E-state index in [-0.39, 0.29) is 0 Å². The van der Waals surface area contributed by atoms with E-state index in [9.17, 15) is 0 Å². The van der Waals surface area contributed by atoms with Crippen molar-refractivity contribution in [3.8, 4) is 0 Å². The highest BCUT2D eigenvalue weighted by Crippen LogP contribution is 2.37. The molecule has 3 rings (SSSR count). The first-order chi connectivity index (χ1) is 10.2. The van der Waals surface area contributed by atoms with E-state index in [4.69, 9.17) is 0 Å². The van der Waals surface area contributed by atoms with Crippen LogP contribution in [0.4, 0.5) is 0 Å². The van der Waals surface area contributed by atoms with Gasteiger partial charge in [-0.3, -0.25) is 4.90 Å². The molecular weight excluding hydrogens is 256 g/mol. The fourth-order valence-electron chi connectivity index (χ4n) is 4.44. The lowest BCUT2D eigenvalue weighted by Gasteiger charge is -2.41. The van der Waals surface area contributed by atoms with Crippen LogP contribution in [0.3, 0.4) is 0 Å². The number of benzene rings is 1. The number of piperidine rings is 1. The number of likely N-dealkylation sites (tertiary alicyclic amines) is 1. The molecule has 1 aliphatic heterocycles. The van der Waals surface area contributed by atoms with Gasteiger partial charge in [0.2, 0.25) is 0 Å². The molecule has 0 bridgehead atoms. The monoisotopic (exact) mass is 286 g/mol. The third-order valence-corrected chi connectivity index (χ3v) is 5.18. The van der Waals surface area contributed by atoms with Gasteiger partial charge in [-0.2, -0.15) is 0 Å². The highest BCUT2D eigenvalue weighted by Gasteiger charge is 2.38. The molecule has 1 fully saturated rings. The van der Waals surface area contributed by atoms with Crippen molar-refractivity contribution in [1.29, 1.82) is 0 Å². The van der Waals surface area contributed by atoms with Crippen LogP contribution in [0, 0.1) is 11.8 Å². The van der Waals surface area contributed by atoms with Crippen molar-refractivity contribution in [3.05, 3.63) is 35.4 Å². The molecule has 0 aromatic heterocycles. The van der Waals surface area contributed by atoms with E-state index >= 15 is 0 Å².